The maximum Gasteiger partial charge on any atom is 0.226 e. The molecule has 2 amide bonds. The highest BCUT2D eigenvalue weighted by atomic mass is 32.2. The molecule has 1 N–H and O–H groups in total. The fourth-order valence-electron chi connectivity index (χ4n) is 7.65. The number of likely N-dealkylation sites (N-methyl/N-ethyl adjacent to an activating group) is 2. The average Bonchev–Trinajstić information content (AvgIpc) is 3.56. The van der Waals surface area contributed by atoms with Gasteiger partial charge in [-0.3, -0.25) is 19.2 Å². The standard InChI is InChI=1S/C39H65N3O8S/c1-12-27(6)37(41(9)39(46)30(25(2)3)21-32(43)36(40-8)26(4)5)34(49-10)22-35(45)42-20-16-19-31(42)38(50-11)28(7)33(44)24-51(47,48)23-29-17-14-13-15-18-29/h13-15,17-18,25-28,30-31,34,36-38,40H,12,16,19-24H2,1-11H3/t27-,28-,30-,31-,34+,36-,37-,38+/m0/s1. The molecule has 0 bridgehead atoms. The van der Waals surface area contributed by atoms with Crippen LogP contribution in [0.5, 0.6) is 0 Å². The van der Waals surface area contributed by atoms with E-state index in [1.807, 2.05) is 41.5 Å². The predicted octanol–water partition coefficient (Wildman–Crippen LogP) is 4.57. The Kier molecular flexibility index (Phi) is 17.9. The third kappa shape index (κ3) is 12.2. The lowest BCUT2D eigenvalue weighted by Gasteiger charge is -2.41. The number of rotatable bonds is 22. The van der Waals surface area contributed by atoms with E-state index in [0.29, 0.717) is 24.9 Å². The van der Waals surface area contributed by atoms with Crippen molar-refractivity contribution >= 4 is 33.2 Å². The molecule has 1 aromatic rings. The number of methoxy groups -OCH3 is 2. The van der Waals surface area contributed by atoms with Crippen molar-refractivity contribution in [2.75, 3.05) is 40.6 Å². The average molecular weight is 736 g/mol. The van der Waals surface area contributed by atoms with Gasteiger partial charge >= 0.3 is 0 Å². The molecule has 1 aliphatic rings. The van der Waals surface area contributed by atoms with Gasteiger partial charge in [-0.1, -0.05) is 85.2 Å². The van der Waals surface area contributed by atoms with Crippen LogP contribution in [0.1, 0.15) is 86.1 Å². The van der Waals surface area contributed by atoms with Gasteiger partial charge in [-0.05, 0) is 43.2 Å². The molecule has 290 valence electrons. The Morgan fingerprint density at radius 2 is 1.57 bits per heavy atom. The lowest BCUT2D eigenvalue weighted by Crippen LogP contribution is -2.54. The molecule has 1 heterocycles. The molecule has 1 saturated heterocycles. The maximum absolute atomic E-state index is 14.2. The Morgan fingerprint density at radius 3 is 2.08 bits per heavy atom. The normalized spacial score (nSPS) is 19.3. The van der Waals surface area contributed by atoms with Gasteiger partial charge in [0.15, 0.2) is 21.4 Å². The largest absolute Gasteiger partial charge is 0.379 e. The van der Waals surface area contributed by atoms with Crippen molar-refractivity contribution < 1.29 is 37.1 Å². The number of hydrogen-bond donors (Lipinski definition) is 1. The van der Waals surface area contributed by atoms with Crippen LogP contribution in [0.4, 0.5) is 0 Å². The molecular formula is C39H65N3O8S. The van der Waals surface area contributed by atoms with Crippen LogP contribution >= 0.6 is 0 Å². The number of hydrogen-bond acceptors (Lipinski definition) is 9. The second-order valence-electron chi connectivity index (χ2n) is 15.1. The van der Waals surface area contributed by atoms with Crippen LogP contribution in [0.15, 0.2) is 30.3 Å². The molecule has 0 aliphatic carbocycles. The lowest BCUT2D eigenvalue weighted by molar-refractivity contribution is -0.149. The van der Waals surface area contributed by atoms with Crippen molar-refractivity contribution in [3.05, 3.63) is 35.9 Å². The molecule has 12 heteroatoms. The molecule has 0 spiro atoms. The number of sulfone groups is 1. The third-order valence-electron chi connectivity index (χ3n) is 10.8. The van der Waals surface area contributed by atoms with Gasteiger partial charge in [-0.25, -0.2) is 8.42 Å². The number of ether oxygens (including phenoxy) is 2. The van der Waals surface area contributed by atoms with Gasteiger partial charge in [0.2, 0.25) is 11.8 Å². The smallest absolute Gasteiger partial charge is 0.226 e. The summed E-state index contributed by atoms with van der Waals surface area (Å²) in [4.78, 5) is 58.3. The van der Waals surface area contributed by atoms with Crippen LogP contribution in [0, 0.1) is 29.6 Å². The molecule has 11 nitrogen and oxygen atoms in total. The molecule has 0 radical (unpaired) electrons. The first kappa shape index (κ1) is 44.5. The summed E-state index contributed by atoms with van der Waals surface area (Å²) in [6, 6.07) is 7.55. The van der Waals surface area contributed by atoms with Gasteiger partial charge in [-0.15, -0.1) is 0 Å². The first-order valence-corrected chi connectivity index (χ1v) is 20.3. The summed E-state index contributed by atoms with van der Waals surface area (Å²) in [5.74, 6) is -2.92. The number of nitrogens with one attached hydrogen (secondary N) is 1. The number of carbonyl (C=O) groups is 4. The van der Waals surface area contributed by atoms with E-state index in [1.54, 1.807) is 68.3 Å². The van der Waals surface area contributed by atoms with E-state index in [2.05, 4.69) is 5.32 Å². The van der Waals surface area contributed by atoms with Crippen molar-refractivity contribution in [2.45, 2.75) is 117 Å². The summed E-state index contributed by atoms with van der Waals surface area (Å²) in [5, 5.41) is 3.10. The number of nitrogens with zero attached hydrogens (tertiary/aromatic N) is 2. The Morgan fingerprint density at radius 1 is 0.941 bits per heavy atom. The second kappa shape index (κ2) is 20.5. The van der Waals surface area contributed by atoms with Gasteiger partial charge in [-0.2, -0.15) is 0 Å². The first-order valence-electron chi connectivity index (χ1n) is 18.5. The van der Waals surface area contributed by atoms with E-state index in [4.69, 9.17) is 9.47 Å². The van der Waals surface area contributed by atoms with E-state index in [1.165, 1.54) is 7.11 Å². The Bertz CT molecular complexity index is 1390. The van der Waals surface area contributed by atoms with Gasteiger partial charge in [0.25, 0.3) is 0 Å². The van der Waals surface area contributed by atoms with Gasteiger partial charge in [0.1, 0.15) is 5.75 Å². The van der Waals surface area contributed by atoms with Crippen LogP contribution in [-0.2, 0) is 44.2 Å². The Balaban J connectivity index is 2.26. The minimum atomic E-state index is -3.71. The molecule has 0 aromatic heterocycles. The summed E-state index contributed by atoms with van der Waals surface area (Å²) in [6.07, 6.45) is 0.858. The molecule has 8 atom stereocenters. The fourth-order valence-corrected chi connectivity index (χ4v) is 9.15. The van der Waals surface area contributed by atoms with Gasteiger partial charge < -0.3 is 24.6 Å². The van der Waals surface area contributed by atoms with Crippen molar-refractivity contribution in [1.82, 2.24) is 15.1 Å². The number of benzene rings is 1. The summed E-state index contributed by atoms with van der Waals surface area (Å²) in [5.41, 5.74) is 0.617. The highest BCUT2D eigenvalue weighted by Gasteiger charge is 2.43. The van der Waals surface area contributed by atoms with E-state index >= 15 is 0 Å². The number of amides is 2. The fraction of sp³-hybridized carbons (Fsp3) is 0.744. The lowest BCUT2D eigenvalue weighted by atomic mass is 9.84. The van der Waals surface area contributed by atoms with Gasteiger partial charge in [0.05, 0.1) is 42.5 Å². The van der Waals surface area contributed by atoms with E-state index in [-0.39, 0.29) is 60.0 Å². The number of carbonyl (C=O) groups excluding carboxylic acids is 4. The van der Waals surface area contributed by atoms with Crippen LogP contribution in [0.25, 0.3) is 0 Å². The first-order chi connectivity index (χ1) is 23.9. The monoisotopic (exact) mass is 735 g/mol. The quantitative estimate of drug-likeness (QED) is 0.182. The van der Waals surface area contributed by atoms with Crippen LogP contribution < -0.4 is 5.32 Å². The van der Waals surface area contributed by atoms with Crippen LogP contribution in [0.3, 0.4) is 0 Å². The zero-order valence-corrected chi connectivity index (χ0v) is 33.7. The molecule has 1 aliphatic heterocycles. The van der Waals surface area contributed by atoms with Crippen molar-refractivity contribution in [3.63, 3.8) is 0 Å². The summed E-state index contributed by atoms with van der Waals surface area (Å²) in [6.45, 7) is 14.1. The molecular weight excluding hydrogens is 671 g/mol. The SMILES string of the molecule is CC[C@H](C)[C@@H]([C@@H](CC(=O)N1CCC[C@H]1[C@H](OC)[C@@H](C)C(=O)CS(=O)(=O)Cc1ccccc1)OC)N(C)C(=O)[C@@H](CC(=O)[C@@H](NC)C(C)C)C(C)C. The summed E-state index contributed by atoms with van der Waals surface area (Å²) in [7, 11) is 2.82. The molecule has 2 rings (SSSR count). The molecule has 1 aromatic carbocycles. The van der Waals surface area contributed by atoms with E-state index in [9.17, 15) is 27.6 Å². The number of Topliss-reactive ketones (excluding diaryl/α,β-unsaturated/α-hetero) is 2. The Labute approximate surface area is 307 Å². The molecule has 1 fully saturated rings. The number of ketones is 2. The maximum atomic E-state index is 14.2. The molecule has 0 saturated carbocycles. The van der Waals surface area contributed by atoms with Crippen molar-refractivity contribution in [3.8, 4) is 0 Å². The topological polar surface area (TPSA) is 139 Å². The number of likely N-dealkylation sites (tertiary alicyclic amines) is 1. The second-order valence-corrected chi connectivity index (χ2v) is 17.2. The zero-order chi connectivity index (χ0) is 38.6. The van der Waals surface area contributed by atoms with E-state index in [0.717, 1.165) is 6.42 Å². The Hall–Kier alpha value is -2.67. The van der Waals surface area contributed by atoms with Gasteiger partial charge in [0, 0.05) is 46.1 Å². The third-order valence-corrected chi connectivity index (χ3v) is 12.3. The van der Waals surface area contributed by atoms with Crippen molar-refractivity contribution in [1.29, 1.82) is 0 Å². The minimum absolute atomic E-state index is 0.000727. The highest BCUT2D eigenvalue weighted by Crippen LogP contribution is 2.31. The van der Waals surface area contributed by atoms with Crippen LogP contribution in [-0.4, -0.2) is 113 Å². The molecule has 51 heavy (non-hydrogen) atoms. The zero-order valence-electron chi connectivity index (χ0n) is 32.9. The van der Waals surface area contributed by atoms with E-state index < -0.39 is 57.5 Å². The summed E-state index contributed by atoms with van der Waals surface area (Å²) >= 11 is 0. The highest BCUT2D eigenvalue weighted by molar-refractivity contribution is 7.91. The van der Waals surface area contributed by atoms with Crippen LogP contribution in [0.2, 0.25) is 0 Å². The summed E-state index contributed by atoms with van der Waals surface area (Å²) < 4.78 is 37.7. The minimum Gasteiger partial charge on any atom is -0.379 e. The molecule has 0 unspecified atom stereocenters. The predicted molar refractivity (Wildman–Crippen MR) is 201 cm³/mol. The van der Waals surface area contributed by atoms with Crippen molar-refractivity contribution in [2.24, 2.45) is 29.6 Å².